The lowest BCUT2D eigenvalue weighted by Crippen LogP contribution is -2.45. The van der Waals surface area contributed by atoms with Crippen LogP contribution in [0.2, 0.25) is 10.0 Å². The second-order valence-corrected chi connectivity index (χ2v) is 7.13. The molecule has 0 aliphatic carbocycles. The first-order valence-electron chi connectivity index (χ1n) is 8.43. The smallest absolute Gasteiger partial charge is 0.263 e. The van der Waals surface area contributed by atoms with E-state index in [1.54, 1.807) is 12.1 Å². The van der Waals surface area contributed by atoms with Crippen LogP contribution in [-0.2, 0) is 0 Å². The molecule has 0 radical (unpaired) electrons. The number of hydrogen-bond acceptors (Lipinski definition) is 5. The van der Waals surface area contributed by atoms with Gasteiger partial charge in [-0.05, 0) is 31.3 Å². The zero-order valence-corrected chi connectivity index (χ0v) is 15.8. The van der Waals surface area contributed by atoms with E-state index in [1.807, 2.05) is 30.3 Å². The number of aromatic nitrogens is 2. The minimum absolute atomic E-state index is 0.450. The van der Waals surface area contributed by atoms with Gasteiger partial charge in [-0.25, -0.2) is 9.97 Å². The van der Waals surface area contributed by atoms with Gasteiger partial charge in [0.25, 0.3) is 5.88 Å². The van der Waals surface area contributed by atoms with E-state index in [0.29, 0.717) is 27.0 Å². The monoisotopic (exact) mass is 388 g/mol. The van der Waals surface area contributed by atoms with Gasteiger partial charge in [0.15, 0.2) is 5.82 Å². The summed E-state index contributed by atoms with van der Waals surface area (Å²) in [5.74, 6) is 1.93. The van der Waals surface area contributed by atoms with Crippen LogP contribution in [0.5, 0.6) is 11.6 Å². The van der Waals surface area contributed by atoms with Crippen molar-refractivity contribution in [3.05, 3.63) is 52.5 Å². The average molecular weight is 389 g/mol. The van der Waals surface area contributed by atoms with E-state index in [9.17, 15) is 0 Å². The molecule has 0 saturated carbocycles. The molecule has 134 valence electrons. The molecule has 1 aliphatic rings. The molecule has 0 spiro atoms. The number of likely N-dealkylation sites (N-methyl/N-ethyl adjacent to an activating group) is 1. The average Bonchev–Trinajstić information content (AvgIpc) is 2.64. The van der Waals surface area contributed by atoms with Gasteiger partial charge in [-0.3, -0.25) is 0 Å². The number of benzene rings is 2. The molecule has 0 unspecified atom stereocenters. The normalized spacial score (nSPS) is 15.4. The Balaban J connectivity index is 1.80. The van der Waals surface area contributed by atoms with Crippen LogP contribution in [0, 0.1) is 0 Å². The van der Waals surface area contributed by atoms with Crippen LogP contribution in [-0.4, -0.2) is 48.1 Å². The summed E-state index contributed by atoms with van der Waals surface area (Å²) in [5, 5.41) is 0.918. The molecule has 1 aromatic heterocycles. The highest BCUT2D eigenvalue weighted by Crippen LogP contribution is 2.34. The van der Waals surface area contributed by atoms with E-state index < -0.39 is 0 Å². The molecule has 3 aromatic rings. The summed E-state index contributed by atoms with van der Waals surface area (Å²) in [6.45, 7) is 3.66. The van der Waals surface area contributed by atoms with Gasteiger partial charge in [-0.15, -0.1) is 0 Å². The number of anilines is 1. The third-order valence-electron chi connectivity index (χ3n) is 4.42. The Morgan fingerprint density at radius 1 is 0.885 bits per heavy atom. The molecule has 4 rings (SSSR count). The number of para-hydroxylation sites is 1. The number of rotatable bonds is 3. The predicted octanol–water partition coefficient (Wildman–Crippen LogP) is 4.48. The molecular weight excluding hydrogens is 371 g/mol. The predicted molar refractivity (Wildman–Crippen MR) is 106 cm³/mol. The summed E-state index contributed by atoms with van der Waals surface area (Å²) in [7, 11) is 2.12. The summed E-state index contributed by atoms with van der Waals surface area (Å²) in [5.41, 5.74) is 1.36. The molecule has 0 atom stereocenters. The Labute approximate surface area is 162 Å². The topological polar surface area (TPSA) is 41.5 Å². The first kappa shape index (κ1) is 17.3. The maximum absolute atomic E-state index is 6.16. The maximum atomic E-state index is 6.16. The van der Waals surface area contributed by atoms with Crippen molar-refractivity contribution in [1.29, 1.82) is 0 Å². The first-order valence-corrected chi connectivity index (χ1v) is 9.19. The lowest BCUT2D eigenvalue weighted by molar-refractivity contribution is 0.310. The number of piperazine rings is 1. The van der Waals surface area contributed by atoms with E-state index in [4.69, 9.17) is 32.9 Å². The summed E-state index contributed by atoms with van der Waals surface area (Å²) < 4.78 is 6.06. The Hall–Kier alpha value is -2.08. The quantitative estimate of drug-likeness (QED) is 0.661. The van der Waals surface area contributed by atoms with Crippen LogP contribution in [0.4, 0.5) is 5.82 Å². The third kappa shape index (κ3) is 3.56. The molecule has 5 nitrogen and oxygen atoms in total. The second-order valence-electron chi connectivity index (χ2n) is 6.31. The summed E-state index contributed by atoms with van der Waals surface area (Å²) in [6.07, 6.45) is 0. The molecule has 0 amide bonds. The number of nitrogens with zero attached hydrogens (tertiary/aromatic N) is 4. The zero-order chi connectivity index (χ0) is 18.1. The van der Waals surface area contributed by atoms with Crippen molar-refractivity contribution in [2.45, 2.75) is 0 Å². The van der Waals surface area contributed by atoms with Gasteiger partial charge in [0, 0.05) is 26.2 Å². The van der Waals surface area contributed by atoms with Gasteiger partial charge in [0.05, 0.1) is 21.1 Å². The fourth-order valence-electron chi connectivity index (χ4n) is 2.92. The van der Waals surface area contributed by atoms with Gasteiger partial charge >= 0.3 is 0 Å². The minimum atomic E-state index is 0.450. The van der Waals surface area contributed by atoms with Gasteiger partial charge < -0.3 is 14.5 Å². The second kappa shape index (κ2) is 7.27. The van der Waals surface area contributed by atoms with Crippen LogP contribution >= 0.6 is 23.2 Å². The van der Waals surface area contributed by atoms with E-state index in [2.05, 4.69) is 21.8 Å². The van der Waals surface area contributed by atoms with E-state index >= 15 is 0 Å². The van der Waals surface area contributed by atoms with Gasteiger partial charge in [0.2, 0.25) is 0 Å². The Morgan fingerprint density at radius 3 is 2.15 bits per heavy atom. The van der Waals surface area contributed by atoms with Gasteiger partial charge in [-0.2, -0.15) is 0 Å². The van der Waals surface area contributed by atoms with Gasteiger partial charge in [0.1, 0.15) is 5.75 Å². The molecule has 1 fully saturated rings. The zero-order valence-electron chi connectivity index (χ0n) is 14.3. The highest BCUT2D eigenvalue weighted by atomic mass is 35.5. The summed E-state index contributed by atoms with van der Waals surface area (Å²) in [4.78, 5) is 14.0. The molecule has 2 aromatic carbocycles. The maximum Gasteiger partial charge on any atom is 0.263 e. The van der Waals surface area contributed by atoms with Crippen molar-refractivity contribution in [3.63, 3.8) is 0 Å². The first-order chi connectivity index (χ1) is 12.6. The Morgan fingerprint density at radius 2 is 1.50 bits per heavy atom. The highest BCUT2D eigenvalue weighted by Gasteiger charge is 2.22. The van der Waals surface area contributed by atoms with Crippen LogP contribution in [0.15, 0.2) is 42.5 Å². The standard InChI is InChI=1S/C19H18Cl2N4O/c1-24-7-9-25(10-8-24)18-19(26-13-5-3-2-4-6-13)23-17-12-15(21)14(20)11-16(17)22-18/h2-6,11-12H,7-10H2,1H3. The molecule has 2 heterocycles. The number of ether oxygens (including phenoxy) is 1. The summed E-state index contributed by atoms with van der Waals surface area (Å²) >= 11 is 12.3. The van der Waals surface area contributed by atoms with Crippen molar-refractivity contribution >= 4 is 40.1 Å². The lowest BCUT2D eigenvalue weighted by atomic mass is 10.3. The Bertz CT molecular complexity index is 928. The number of hydrogen-bond donors (Lipinski definition) is 0. The SMILES string of the molecule is CN1CCN(c2nc3cc(Cl)c(Cl)cc3nc2Oc2ccccc2)CC1. The highest BCUT2D eigenvalue weighted by molar-refractivity contribution is 6.42. The van der Waals surface area contributed by atoms with E-state index in [0.717, 1.165) is 37.7 Å². The number of halogens is 2. The fourth-order valence-corrected chi connectivity index (χ4v) is 3.23. The molecule has 7 heteroatoms. The van der Waals surface area contributed by atoms with Crippen molar-refractivity contribution in [3.8, 4) is 11.6 Å². The summed E-state index contributed by atoms with van der Waals surface area (Å²) in [6, 6.07) is 13.1. The molecule has 0 bridgehead atoms. The molecular formula is C19H18Cl2N4O. The van der Waals surface area contributed by atoms with Crippen LogP contribution in [0.25, 0.3) is 11.0 Å². The third-order valence-corrected chi connectivity index (χ3v) is 5.14. The van der Waals surface area contributed by atoms with Crippen molar-refractivity contribution < 1.29 is 4.74 Å². The van der Waals surface area contributed by atoms with Crippen molar-refractivity contribution in [2.24, 2.45) is 0 Å². The van der Waals surface area contributed by atoms with Crippen molar-refractivity contribution in [2.75, 3.05) is 38.1 Å². The molecule has 26 heavy (non-hydrogen) atoms. The van der Waals surface area contributed by atoms with Crippen LogP contribution in [0.3, 0.4) is 0 Å². The van der Waals surface area contributed by atoms with Crippen LogP contribution < -0.4 is 9.64 Å². The molecule has 1 aliphatic heterocycles. The van der Waals surface area contributed by atoms with Crippen LogP contribution in [0.1, 0.15) is 0 Å². The number of fused-ring (bicyclic) bond motifs is 1. The minimum Gasteiger partial charge on any atom is -0.436 e. The van der Waals surface area contributed by atoms with Gasteiger partial charge in [-0.1, -0.05) is 41.4 Å². The fraction of sp³-hybridized carbons (Fsp3) is 0.263. The lowest BCUT2D eigenvalue weighted by Gasteiger charge is -2.33. The largest absolute Gasteiger partial charge is 0.436 e. The van der Waals surface area contributed by atoms with Crippen molar-refractivity contribution in [1.82, 2.24) is 14.9 Å². The van der Waals surface area contributed by atoms with E-state index in [1.165, 1.54) is 0 Å². The molecule has 1 saturated heterocycles. The Kier molecular flexibility index (Phi) is 4.85. The molecule has 0 N–H and O–H groups in total. The van der Waals surface area contributed by atoms with E-state index in [-0.39, 0.29) is 0 Å².